The first-order valence-electron chi connectivity index (χ1n) is 4.54. The average Bonchev–Trinajstić information content (AvgIpc) is 2.02. The Bertz CT molecular complexity index is 145. The minimum atomic E-state index is -3.04. The number of aldehydes is 1. The molecule has 1 atom stereocenters. The molecule has 0 fully saturated rings. The maximum atomic E-state index is 12.6. The third-order valence-corrected chi connectivity index (χ3v) is 2.54. The molecule has 0 saturated carbocycles. The van der Waals surface area contributed by atoms with Gasteiger partial charge in [-0.2, -0.15) is 8.78 Å². The van der Waals surface area contributed by atoms with Gasteiger partial charge in [-0.1, -0.05) is 32.6 Å². The third kappa shape index (κ3) is 6.13. The Morgan fingerprint density at radius 2 is 2.00 bits per heavy atom. The van der Waals surface area contributed by atoms with Gasteiger partial charge in [0.1, 0.15) is 6.29 Å². The van der Waals surface area contributed by atoms with E-state index in [9.17, 15) is 13.6 Å². The summed E-state index contributed by atoms with van der Waals surface area (Å²) in [6.45, 7) is 2.05. The first kappa shape index (κ1) is 13.0. The largest absolute Gasteiger partial charge is 0.310 e. The van der Waals surface area contributed by atoms with Gasteiger partial charge in [0.05, 0.1) is 5.92 Å². The fourth-order valence-electron chi connectivity index (χ4n) is 1.10. The number of unbranched alkanes of at least 4 members (excludes halogenated alkanes) is 3. The highest BCUT2D eigenvalue weighted by molar-refractivity contribution is 9.10. The molecule has 0 aromatic heterocycles. The molecule has 0 rings (SSSR count). The molecular weight excluding hydrogens is 242 g/mol. The van der Waals surface area contributed by atoms with Gasteiger partial charge in [0.2, 0.25) is 0 Å². The van der Waals surface area contributed by atoms with Crippen LogP contribution in [0, 0.1) is 5.92 Å². The van der Waals surface area contributed by atoms with Gasteiger partial charge in [0, 0.05) is 0 Å². The molecule has 0 N–H and O–H groups in total. The van der Waals surface area contributed by atoms with Crippen molar-refractivity contribution < 1.29 is 13.6 Å². The number of rotatable bonds is 7. The van der Waals surface area contributed by atoms with Gasteiger partial charge < -0.3 is 4.79 Å². The number of alkyl halides is 3. The lowest BCUT2D eigenvalue weighted by Crippen LogP contribution is -2.22. The van der Waals surface area contributed by atoms with Crippen LogP contribution in [0.5, 0.6) is 0 Å². The van der Waals surface area contributed by atoms with E-state index >= 15 is 0 Å². The quantitative estimate of drug-likeness (QED) is 0.385. The lowest BCUT2D eigenvalue weighted by atomic mass is 10.0. The zero-order valence-electron chi connectivity index (χ0n) is 7.73. The zero-order valence-corrected chi connectivity index (χ0v) is 9.32. The predicted octanol–water partition coefficient (Wildman–Crippen LogP) is 3.76. The lowest BCUT2D eigenvalue weighted by Gasteiger charge is -2.15. The highest BCUT2D eigenvalue weighted by atomic mass is 79.9. The van der Waals surface area contributed by atoms with E-state index in [0.29, 0.717) is 12.7 Å². The summed E-state index contributed by atoms with van der Waals surface area (Å²) in [5, 5.41) is 0. The Morgan fingerprint density at radius 3 is 2.38 bits per heavy atom. The molecular formula is C9H15BrF2O. The second-order valence-corrected chi connectivity index (χ2v) is 4.19. The van der Waals surface area contributed by atoms with Crippen molar-refractivity contribution in [3.05, 3.63) is 0 Å². The van der Waals surface area contributed by atoms with Gasteiger partial charge in [-0.25, -0.2) is 0 Å². The van der Waals surface area contributed by atoms with Gasteiger partial charge >= 0.3 is 4.83 Å². The summed E-state index contributed by atoms with van der Waals surface area (Å²) in [6.07, 6.45) is 4.32. The first-order chi connectivity index (χ1) is 6.02. The maximum Gasteiger partial charge on any atom is 0.310 e. The summed E-state index contributed by atoms with van der Waals surface area (Å²) >= 11 is 2.21. The fourth-order valence-corrected chi connectivity index (χ4v) is 1.44. The van der Waals surface area contributed by atoms with Crippen molar-refractivity contribution >= 4 is 22.2 Å². The van der Waals surface area contributed by atoms with Crippen molar-refractivity contribution in [1.29, 1.82) is 0 Å². The molecule has 0 spiro atoms. The molecule has 0 heterocycles. The Kier molecular flexibility index (Phi) is 6.47. The van der Waals surface area contributed by atoms with Crippen LogP contribution in [0.1, 0.15) is 39.0 Å². The summed E-state index contributed by atoms with van der Waals surface area (Å²) in [7, 11) is 0. The number of halogens is 3. The number of carbonyl (C=O) groups is 1. The minimum absolute atomic E-state index is 0.266. The van der Waals surface area contributed by atoms with E-state index in [0.717, 1.165) is 19.3 Å². The second kappa shape index (κ2) is 6.46. The topological polar surface area (TPSA) is 17.1 Å². The monoisotopic (exact) mass is 256 g/mol. The number of hydrogen-bond donors (Lipinski definition) is 0. The fraction of sp³-hybridized carbons (Fsp3) is 0.889. The zero-order chi connectivity index (χ0) is 10.3. The van der Waals surface area contributed by atoms with Crippen molar-refractivity contribution in [2.45, 2.75) is 43.9 Å². The normalized spacial score (nSPS) is 14.2. The standard InChI is InChI=1S/C9H15BrF2O/c1-2-3-4-5-6-8(7-13)9(10,11)12/h7-8H,2-6H2,1H3/t8-/m0/s1. The molecule has 0 aliphatic heterocycles. The summed E-state index contributed by atoms with van der Waals surface area (Å²) in [6, 6.07) is 0. The van der Waals surface area contributed by atoms with Crippen molar-refractivity contribution in [1.82, 2.24) is 0 Å². The number of carbonyl (C=O) groups excluding carboxylic acids is 1. The summed E-state index contributed by atoms with van der Waals surface area (Å²) in [5.74, 6) is -1.18. The highest BCUT2D eigenvalue weighted by Crippen LogP contribution is 2.33. The van der Waals surface area contributed by atoms with Crippen LogP contribution in [0.2, 0.25) is 0 Å². The van der Waals surface area contributed by atoms with Crippen LogP contribution >= 0.6 is 15.9 Å². The second-order valence-electron chi connectivity index (χ2n) is 3.13. The average molecular weight is 257 g/mol. The molecule has 0 bridgehead atoms. The third-order valence-electron chi connectivity index (χ3n) is 1.95. The van der Waals surface area contributed by atoms with Gasteiger partial charge in [0.15, 0.2) is 0 Å². The molecule has 0 aromatic carbocycles. The summed E-state index contributed by atoms with van der Waals surface area (Å²) in [5.41, 5.74) is 0. The van der Waals surface area contributed by atoms with Gasteiger partial charge in [-0.3, -0.25) is 0 Å². The summed E-state index contributed by atoms with van der Waals surface area (Å²) < 4.78 is 25.2. The molecule has 13 heavy (non-hydrogen) atoms. The van der Waals surface area contributed by atoms with E-state index in [2.05, 4.69) is 22.9 Å². The van der Waals surface area contributed by atoms with Crippen LogP contribution < -0.4 is 0 Å². The minimum Gasteiger partial charge on any atom is -0.303 e. The van der Waals surface area contributed by atoms with E-state index in [1.54, 1.807) is 0 Å². The van der Waals surface area contributed by atoms with E-state index in [-0.39, 0.29) is 6.42 Å². The Morgan fingerprint density at radius 1 is 1.38 bits per heavy atom. The van der Waals surface area contributed by atoms with E-state index in [1.807, 2.05) is 0 Å². The smallest absolute Gasteiger partial charge is 0.303 e. The molecule has 78 valence electrons. The van der Waals surface area contributed by atoms with Crippen molar-refractivity contribution in [2.24, 2.45) is 5.92 Å². The lowest BCUT2D eigenvalue weighted by molar-refractivity contribution is -0.116. The Labute approximate surface area is 86.0 Å². The van der Waals surface area contributed by atoms with Gasteiger partial charge in [-0.15, -0.1) is 0 Å². The van der Waals surface area contributed by atoms with Gasteiger partial charge in [0.25, 0.3) is 0 Å². The number of hydrogen-bond acceptors (Lipinski definition) is 1. The van der Waals surface area contributed by atoms with E-state index in [4.69, 9.17) is 0 Å². The Hall–Kier alpha value is 0.01000. The van der Waals surface area contributed by atoms with Crippen molar-refractivity contribution in [3.63, 3.8) is 0 Å². The van der Waals surface area contributed by atoms with Crippen LogP contribution in [0.4, 0.5) is 8.78 Å². The van der Waals surface area contributed by atoms with Crippen molar-refractivity contribution in [2.75, 3.05) is 0 Å². The molecule has 0 aliphatic carbocycles. The van der Waals surface area contributed by atoms with E-state index < -0.39 is 10.7 Å². The maximum absolute atomic E-state index is 12.6. The molecule has 1 nitrogen and oxygen atoms in total. The molecule has 0 aliphatic rings. The predicted molar refractivity (Wildman–Crippen MR) is 52.2 cm³/mol. The van der Waals surface area contributed by atoms with Crippen LogP contribution in [-0.2, 0) is 4.79 Å². The first-order valence-corrected chi connectivity index (χ1v) is 5.33. The summed E-state index contributed by atoms with van der Waals surface area (Å²) in [4.78, 5) is 7.26. The Balaban J connectivity index is 3.67. The van der Waals surface area contributed by atoms with E-state index in [1.165, 1.54) is 0 Å². The highest BCUT2D eigenvalue weighted by Gasteiger charge is 2.35. The molecule has 0 aromatic rings. The van der Waals surface area contributed by atoms with Crippen LogP contribution in [-0.4, -0.2) is 11.1 Å². The molecule has 4 heteroatoms. The van der Waals surface area contributed by atoms with Crippen LogP contribution in [0.25, 0.3) is 0 Å². The van der Waals surface area contributed by atoms with Crippen LogP contribution in [0.15, 0.2) is 0 Å². The molecule has 0 amide bonds. The SMILES string of the molecule is CCCCCC[C@@H](C=O)C(F)(F)Br. The van der Waals surface area contributed by atoms with Crippen LogP contribution in [0.3, 0.4) is 0 Å². The molecule has 0 radical (unpaired) electrons. The van der Waals surface area contributed by atoms with Gasteiger partial charge in [-0.05, 0) is 22.4 Å². The van der Waals surface area contributed by atoms with Crippen molar-refractivity contribution in [3.8, 4) is 0 Å². The molecule has 0 saturated heterocycles. The molecule has 0 unspecified atom stereocenters.